The zero-order chi connectivity index (χ0) is 55.4. The zero-order valence-electron chi connectivity index (χ0n) is 45.0. The maximum absolute atomic E-state index is 12.9. The quantitative estimate of drug-likeness (QED) is 0.156. The average molecular weight is 1040 g/mol. The molecule has 0 radical (unpaired) electrons. The number of nitrogens with zero attached hydrogens (tertiary/aromatic N) is 3. The Balaban J connectivity index is 0.000000433. The van der Waals surface area contributed by atoms with Crippen LogP contribution >= 0.6 is 23.2 Å². The molecule has 0 aliphatic rings. The second kappa shape index (κ2) is 30.1. The van der Waals surface area contributed by atoms with Crippen LogP contribution < -0.4 is 0 Å². The molecular weight excluding hydrogens is 967 g/mol. The number of aryl methyl sites for hydroxylation is 5. The number of pyridine rings is 2. The van der Waals surface area contributed by atoms with Crippen molar-refractivity contribution in [1.29, 1.82) is 5.26 Å². The van der Waals surface area contributed by atoms with Crippen molar-refractivity contribution in [2.75, 3.05) is 0 Å². The summed E-state index contributed by atoms with van der Waals surface area (Å²) in [5, 5.41) is 10.1. The fourth-order valence-electron chi connectivity index (χ4n) is 6.17. The van der Waals surface area contributed by atoms with Crippen LogP contribution in [0.25, 0.3) is 0 Å². The third kappa shape index (κ3) is 22.7. The lowest BCUT2D eigenvalue weighted by atomic mass is 9.98. The molecule has 0 atom stereocenters. The maximum Gasteiger partial charge on any atom is 0.418 e. The van der Waals surface area contributed by atoms with Gasteiger partial charge in [0.15, 0.2) is 0 Å². The first kappa shape index (κ1) is 64.8. The van der Waals surface area contributed by atoms with E-state index in [1.54, 1.807) is 19.1 Å². The molecule has 0 aliphatic heterocycles. The van der Waals surface area contributed by atoms with Gasteiger partial charge in [0.05, 0.1) is 33.5 Å². The third-order valence-electron chi connectivity index (χ3n) is 11.5. The molecular formula is C60H74Cl2F7N3. The van der Waals surface area contributed by atoms with E-state index >= 15 is 0 Å². The maximum atomic E-state index is 12.9. The van der Waals surface area contributed by atoms with Gasteiger partial charge in [-0.15, -0.1) is 0 Å². The molecule has 0 N–H and O–H groups in total. The minimum Gasteiger partial charge on any atom is -0.261 e. The van der Waals surface area contributed by atoms with E-state index in [4.69, 9.17) is 28.5 Å². The largest absolute Gasteiger partial charge is 0.418 e. The van der Waals surface area contributed by atoms with Crippen LogP contribution in [0.5, 0.6) is 0 Å². The van der Waals surface area contributed by atoms with E-state index in [2.05, 4.69) is 83.6 Å². The van der Waals surface area contributed by atoms with Crippen molar-refractivity contribution in [2.45, 2.75) is 166 Å². The van der Waals surface area contributed by atoms with E-state index in [1.165, 1.54) is 54.9 Å². The molecule has 6 rings (SSSR count). The molecule has 0 saturated heterocycles. The summed E-state index contributed by atoms with van der Waals surface area (Å²) in [6.45, 7) is 33.0. The Morgan fingerprint density at radius 2 is 0.764 bits per heavy atom. The SMILES string of the molecule is CC(C)c1ccc(C#N)cc1.Cc1ccc(C(C)C)cc1C(F)(F)F.Cc1ccc(C(C)C)cc1Cl.Cc1ccc(C(C)C)cc1F.Cc1ncc(C(C)C)cc1C(F)(F)F.Cc1ncc(C(C)C)cc1Cl. The normalized spacial score (nSPS) is 11.1. The van der Waals surface area contributed by atoms with Crippen molar-refractivity contribution in [3.8, 4) is 6.07 Å². The minimum absolute atomic E-state index is 0.0295. The van der Waals surface area contributed by atoms with Crippen molar-refractivity contribution < 1.29 is 30.7 Å². The van der Waals surface area contributed by atoms with Crippen molar-refractivity contribution >= 4 is 23.2 Å². The van der Waals surface area contributed by atoms with Crippen molar-refractivity contribution in [1.82, 2.24) is 9.97 Å². The van der Waals surface area contributed by atoms with E-state index in [1.807, 2.05) is 96.3 Å². The van der Waals surface area contributed by atoms with Crippen LogP contribution in [0.3, 0.4) is 0 Å². The van der Waals surface area contributed by atoms with Crippen molar-refractivity contribution in [3.63, 3.8) is 0 Å². The predicted molar refractivity (Wildman–Crippen MR) is 287 cm³/mol. The monoisotopic (exact) mass is 1040 g/mol. The lowest BCUT2D eigenvalue weighted by Gasteiger charge is -2.13. The zero-order valence-corrected chi connectivity index (χ0v) is 46.5. The molecule has 0 saturated carbocycles. The molecule has 0 aliphatic carbocycles. The summed E-state index contributed by atoms with van der Waals surface area (Å²) >= 11 is 11.9. The van der Waals surface area contributed by atoms with Crippen LogP contribution in [0, 0.1) is 51.8 Å². The highest BCUT2D eigenvalue weighted by molar-refractivity contribution is 6.31. The van der Waals surface area contributed by atoms with Gasteiger partial charge >= 0.3 is 12.4 Å². The molecule has 72 heavy (non-hydrogen) atoms. The van der Waals surface area contributed by atoms with E-state index in [0.29, 0.717) is 29.2 Å². The van der Waals surface area contributed by atoms with Crippen LogP contribution in [-0.2, 0) is 12.4 Å². The fraction of sp³-hybridized carbons (Fsp3) is 0.417. The molecule has 392 valence electrons. The van der Waals surface area contributed by atoms with Crippen LogP contribution in [-0.4, -0.2) is 9.97 Å². The Morgan fingerprint density at radius 1 is 0.417 bits per heavy atom. The highest BCUT2D eigenvalue weighted by Crippen LogP contribution is 2.34. The van der Waals surface area contributed by atoms with Gasteiger partial charge in [-0.05, 0) is 163 Å². The van der Waals surface area contributed by atoms with Gasteiger partial charge in [-0.2, -0.15) is 31.6 Å². The minimum atomic E-state index is -4.30. The van der Waals surface area contributed by atoms with E-state index in [9.17, 15) is 30.7 Å². The topological polar surface area (TPSA) is 49.6 Å². The number of aromatic nitrogens is 2. The average Bonchev–Trinajstić information content (AvgIpc) is 3.29. The Kier molecular flexibility index (Phi) is 27.1. The summed E-state index contributed by atoms with van der Waals surface area (Å²) in [5.41, 5.74) is 8.83. The first-order valence-corrected chi connectivity index (χ1v) is 24.8. The second-order valence-electron chi connectivity index (χ2n) is 19.5. The lowest BCUT2D eigenvalue weighted by molar-refractivity contribution is -0.139. The van der Waals surface area contributed by atoms with Gasteiger partial charge in [-0.25, -0.2) is 4.39 Å². The Labute approximate surface area is 436 Å². The third-order valence-corrected chi connectivity index (χ3v) is 12.2. The first-order chi connectivity index (χ1) is 33.2. The van der Waals surface area contributed by atoms with Crippen LogP contribution in [0.4, 0.5) is 30.7 Å². The van der Waals surface area contributed by atoms with Gasteiger partial charge in [0.25, 0.3) is 0 Å². The molecule has 4 aromatic carbocycles. The number of rotatable bonds is 6. The Bertz CT molecular complexity index is 2420. The summed E-state index contributed by atoms with van der Waals surface area (Å²) in [6.07, 6.45) is -5.17. The van der Waals surface area contributed by atoms with Gasteiger partial charge in [0.2, 0.25) is 0 Å². The summed E-state index contributed by atoms with van der Waals surface area (Å²) in [6, 6.07) is 29.1. The smallest absolute Gasteiger partial charge is 0.261 e. The fourth-order valence-corrected chi connectivity index (χ4v) is 6.54. The van der Waals surface area contributed by atoms with Gasteiger partial charge in [0.1, 0.15) is 5.82 Å². The number of nitriles is 1. The number of benzene rings is 4. The second-order valence-corrected chi connectivity index (χ2v) is 20.3. The molecule has 2 aromatic heterocycles. The van der Waals surface area contributed by atoms with E-state index < -0.39 is 23.5 Å². The molecule has 6 aromatic rings. The van der Waals surface area contributed by atoms with E-state index in [-0.39, 0.29) is 28.9 Å². The first-order valence-electron chi connectivity index (χ1n) is 24.1. The molecule has 0 amide bonds. The summed E-state index contributed by atoms with van der Waals surface area (Å²) in [5.74, 6) is 2.10. The molecule has 0 spiro atoms. The van der Waals surface area contributed by atoms with Gasteiger partial charge in [-0.1, -0.05) is 155 Å². The lowest BCUT2D eigenvalue weighted by Crippen LogP contribution is -2.10. The van der Waals surface area contributed by atoms with Gasteiger partial charge in [-0.3, -0.25) is 9.97 Å². The molecule has 0 bridgehead atoms. The molecule has 0 fully saturated rings. The summed E-state index contributed by atoms with van der Waals surface area (Å²) in [4.78, 5) is 7.91. The molecule has 3 nitrogen and oxygen atoms in total. The van der Waals surface area contributed by atoms with Crippen LogP contribution in [0.2, 0.25) is 10.0 Å². The summed E-state index contributed by atoms with van der Waals surface area (Å²) < 4.78 is 87.8. The van der Waals surface area contributed by atoms with Crippen molar-refractivity contribution in [2.24, 2.45) is 0 Å². The highest BCUT2D eigenvalue weighted by atomic mass is 35.5. The number of halogens is 9. The number of hydrogen-bond donors (Lipinski definition) is 0. The van der Waals surface area contributed by atoms with Crippen LogP contribution in [0.1, 0.15) is 197 Å². The van der Waals surface area contributed by atoms with Gasteiger partial charge < -0.3 is 0 Å². The van der Waals surface area contributed by atoms with Gasteiger partial charge in [0, 0.05) is 23.1 Å². The molecule has 2 heterocycles. The Morgan fingerprint density at radius 3 is 1.15 bits per heavy atom. The summed E-state index contributed by atoms with van der Waals surface area (Å²) in [7, 11) is 0. The van der Waals surface area contributed by atoms with Crippen molar-refractivity contribution in [3.05, 3.63) is 197 Å². The number of hydrogen-bond acceptors (Lipinski definition) is 3. The van der Waals surface area contributed by atoms with E-state index in [0.717, 1.165) is 43.6 Å². The highest BCUT2D eigenvalue weighted by Gasteiger charge is 2.34. The molecule has 12 heteroatoms. The predicted octanol–water partition coefficient (Wildman–Crippen LogP) is 20.5. The molecule has 0 unspecified atom stereocenters. The van der Waals surface area contributed by atoms with Crippen LogP contribution in [0.15, 0.2) is 103 Å². The Hall–Kier alpha value is -5.24. The number of alkyl halides is 6. The standard InChI is InChI=1S/C11H13F3.C10H13Cl.C10H12F3N.C10H13F.C10H11N.C9H12ClN/c1-7(2)9-5-4-8(3)10(6-9)11(12,13)14;1-7(2)9-5-4-8(3)10(11)6-9;1-6(2)8-4-9(10(11,12)13)7(3)14-5-8;1-7(2)9-5-4-8(3)10(11)6-9;1-8(2)10-5-3-9(7-11)4-6-10;1-6(2)8-4-9(10)7(3)11-5-8/h4-7H,1-3H3;4-7H,1-3H3;4-6H,1-3H3;4-7H,1-3H3;3-6,8H,1-2H3;4-6H,1-3H3.